The van der Waals surface area contributed by atoms with Gasteiger partial charge in [-0.25, -0.2) is 13.8 Å². The smallest absolute Gasteiger partial charge is 0.251 e. The predicted molar refractivity (Wildman–Crippen MR) is 76.6 cm³/mol. The highest BCUT2D eigenvalue weighted by Gasteiger charge is 2.19. The van der Waals surface area contributed by atoms with Gasteiger partial charge in [0.05, 0.1) is 10.2 Å². The zero-order valence-electron chi connectivity index (χ0n) is 11.2. The molecule has 0 radical (unpaired) electrons. The molecular formula is C14H13BrF2N2O. The van der Waals surface area contributed by atoms with Gasteiger partial charge in [-0.3, -0.25) is 4.79 Å². The lowest BCUT2D eigenvalue weighted by molar-refractivity contribution is 0.504. The Labute approximate surface area is 123 Å². The second kappa shape index (κ2) is 5.09. The zero-order valence-corrected chi connectivity index (χ0v) is 12.8. The quantitative estimate of drug-likeness (QED) is 0.801. The van der Waals surface area contributed by atoms with E-state index in [2.05, 4.69) is 25.9 Å². The van der Waals surface area contributed by atoms with Gasteiger partial charge in [0.1, 0.15) is 5.82 Å². The number of halogens is 3. The molecule has 1 aromatic heterocycles. The van der Waals surface area contributed by atoms with E-state index >= 15 is 0 Å². The standard InChI is InChI=1S/C14H13BrF2N2O/c1-14(2,3)9-6-10(20)19-13(18-9)7-4-5-8(16)12(17)11(7)15/h4-6H,1-3H3,(H,18,19,20). The Kier molecular flexibility index (Phi) is 3.77. The second-order valence-electron chi connectivity index (χ2n) is 5.45. The highest BCUT2D eigenvalue weighted by Crippen LogP contribution is 2.30. The molecule has 6 heteroatoms. The minimum atomic E-state index is -1.01. The SMILES string of the molecule is CC(C)(C)c1cc(=O)[nH]c(-c2ccc(F)c(F)c2Br)n1. The molecule has 2 aromatic rings. The molecule has 0 fully saturated rings. The van der Waals surface area contributed by atoms with Gasteiger partial charge in [-0.05, 0) is 28.1 Å². The molecule has 0 unspecified atom stereocenters. The van der Waals surface area contributed by atoms with Crippen LogP contribution in [0, 0.1) is 11.6 Å². The van der Waals surface area contributed by atoms with Gasteiger partial charge in [-0.1, -0.05) is 20.8 Å². The summed E-state index contributed by atoms with van der Waals surface area (Å²) in [6, 6.07) is 3.77. The normalized spacial score (nSPS) is 11.7. The molecule has 0 spiro atoms. The van der Waals surface area contributed by atoms with Crippen molar-refractivity contribution in [3.8, 4) is 11.4 Å². The van der Waals surface area contributed by atoms with Crippen LogP contribution in [0.5, 0.6) is 0 Å². The highest BCUT2D eigenvalue weighted by molar-refractivity contribution is 9.10. The Morgan fingerprint density at radius 2 is 1.90 bits per heavy atom. The monoisotopic (exact) mass is 342 g/mol. The minimum absolute atomic E-state index is 0.0632. The van der Waals surface area contributed by atoms with Crippen LogP contribution in [-0.2, 0) is 5.41 Å². The van der Waals surface area contributed by atoms with E-state index in [0.717, 1.165) is 6.07 Å². The number of nitrogens with zero attached hydrogens (tertiary/aromatic N) is 1. The molecule has 0 aliphatic rings. The van der Waals surface area contributed by atoms with Crippen molar-refractivity contribution in [3.63, 3.8) is 0 Å². The molecule has 106 valence electrons. The van der Waals surface area contributed by atoms with Crippen LogP contribution < -0.4 is 5.56 Å². The number of nitrogens with one attached hydrogen (secondary N) is 1. The van der Waals surface area contributed by atoms with Gasteiger partial charge in [0.15, 0.2) is 11.6 Å². The molecule has 1 N–H and O–H groups in total. The third kappa shape index (κ3) is 2.80. The van der Waals surface area contributed by atoms with Gasteiger partial charge < -0.3 is 4.98 Å². The number of aromatic amines is 1. The summed E-state index contributed by atoms with van der Waals surface area (Å²) in [6.07, 6.45) is 0. The van der Waals surface area contributed by atoms with Crippen molar-refractivity contribution in [3.05, 3.63) is 50.4 Å². The van der Waals surface area contributed by atoms with Crippen LogP contribution >= 0.6 is 15.9 Å². The van der Waals surface area contributed by atoms with E-state index in [1.54, 1.807) is 0 Å². The largest absolute Gasteiger partial charge is 0.306 e. The number of rotatable bonds is 1. The van der Waals surface area contributed by atoms with E-state index in [-0.39, 0.29) is 21.3 Å². The molecule has 0 saturated carbocycles. The number of benzene rings is 1. The van der Waals surface area contributed by atoms with Crippen molar-refractivity contribution in [1.82, 2.24) is 9.97 Å². The van der Waals surface area contributed by atoms with Crippen LogP contribution in [0.25, 0.3) is 11.4 Å². The summed E-state index contributed by atoms with van der Waals surface area (Å²) in [5, 5.41) is 0. The number of aromatic nitrogens is 2. The molecule has 20 heavy (non-hydrogen) atoms. The van der Waals surface area contributed by atoms with Crippen molar-refractivity contribution in [2.75, 3.05) is 0 Å². The minimum Gasteiger partial charge on any atom is -0.306 e. The fourth-order valence-electron chi connectivity index (χ4n) is 1.68. The molecule has 0 bridgehead atoms. The number of hydrogen-bond donors (Lipinski definition) is 1. The van der Waals surface area contributed by atoms with Crippen LogP contribution in [0.1, 0.15) is 26.5 Å². The van der Waals surface area contributed by atoms with Crippen molar-refractivity contribution in [1.29, 1.82) is 0 Å². The summed E-state index contributed by atoms with van der Waals surface area (Å²) in [5.74, 6) is -1.77. The topological polar surface area (TPSA) is 45.8 Å². The average molecular weight is 343 g/mol. The fraction of sp³-hybridized carbons (Fsp3) is 0.286. The van der Waals surface area contributed by atoms with E-state index in [1.165, 1.54) is 12.1 Å². The maximum atomic E-state index is 13.6. The third-order valence-corrected chi connectivity index (χ3v) is 3.58. The lowest BCUT2D eigenvalue weighted by Crippen LogP contribution is -2.20. The summed E-state index contributed by atoms with van der Waals surface area (Å²) < 4.78 is 26.6. The van der Waals surface area contributed by atoms with E-state index in [4.69, 9.17) is 0 Å². The fourth-order valence-corrected chi connectivity index (χ4v) is 2.19. The Bertz CT molecular complexity index is 720. The lowest BCUT2D eigenvalue weighted by atomic mass is 9.92. The van der Waals surface area contributed by atoms with E-state index in [0.29, 0.717) is 11.3 Å². The summed E-state index contributed by atoms with van der Waals surface area (Å²) in [6.45, 7) is 5.75. The van der Waals surface area contributed by atoms with Crippen molar-refractivity contribution < 1.29 is 8.78 Å². The Morgan fingerprint density at radius 1 is 1.25 bits per heavy atom. The van der Waals surface area contributed by atoms with Crippen molar-refractivity contribution in [2.45, 2.75) is 26.2 Å². The van der Waals surface area contributed by atoms with Crippen molar-refractivity contribution >= 4 is 15.9 Å². The summed E-state index contributed by atoms with van der Waals surface area (Å²) >= 11 is 2.99. The van der Waals surface area contributed by atoms with Crippen molar-refractivity contribution in [2.24, 2.45) is 0 Å². The summed E-state index contributed by atoms with van der Waals surface area (Å²) in [5.41, 5.74) is 0.213. The molecule has 3 nitrogen and oxygen atoms in total. The molecule has 1 aromatic carbocycles. The Balaban J connectivity index is 2.68. The first-order valence-corrected chi connectivity index (χ1v) is 6.75. The van der Waals surface area contributed by atoms with E-state index in [1.807, 2.05) is 20.8 Å². The second-order valence-corrected chi connectivity index (χ2v) is 6.25. The predicted octanol–water partition coefficient (Wildman–Crippen LogP) is 3.78. The highest BCUT2D eigenvalue weighted by atomic mass is 79.9. The average Bonchev–Trinajstić information content (AvgIpc) is 2.34. The van der Waals surface area contributed by atoms with Crippen LogP contribution in [0.2, 0.25) is 0 Å². The Hall–Kier alpha value is -1.56. The van der Waals surface area contributed by atoms with Gasteiger partial charge in [0, 0.05) is 17.0 Å². The molecule has 0 aliphatic heterocycles. The Morgan fingerprint density at radius 3 is 2.50 bits per heavy atom. The number of H-pyrrole nitrogens is 1. The maximum Gasteiger partial charge on any atom is 0.251 e. The lowest BCUT2D eigenvalue weighted by Gasteiger charge is -2.18. The molecule has 1 heterocycles. The molecule has 0 aliphatic carbocycles. The van der Waals surface area contributed by atoms with Crippen LogP contribution in [0.15, 0.2) is 27.5 Å². The van der Waals surface area contributed by atoms with Gasteiger partial charge in [0.25, 0.3) is 5.56 Å². The van der Waals surface area contributed by atoms with Gasteiger partial charge in [0.2, 0.25) is 0 Å². The maximum absolute atomic E-state index is 13.6. The van der Waals surface area contributed by atoms with Crippen LogP contribution in [-0.4, -0.2) is 9.97 Å². The summed E-state index contributed by atoms with van der Waals surface area (Å²) in [4.78, 5) is 18.6. The van der Waals surface area contributed by atoms with E-state index < -0.39 is 11.6 Å². The summed E-state index contributed by atoms with van der Waals surface area (Å²) in [7, 11) is 0. The van der Waals surface area contributed by atoms with E-state index in [9.17, 15) is 13.6 Å². The number of hydrogen-bond acceptors (Lipinski definition) is 2. The van der Waals surface area contributed by atoms with Crippen LogP contribution in [0.3, 0.4) is 0 Å². The first-order valence-electron chi connectivity index (χ1n) is 5.96. The first kappa shape index (κ1) is 14.8. The van der Waals surface area contributed by atoms with Gasteiger partial charge >= 0.3 is 0 Å². The molecule has 0 amide bonds. The van der Waals surface area contributed by atoms with Gasteiger partial charge in [-0.15, -0.1) is 0 Å². The van der Waals surface area contributed by atoms with Crippen LogP contribution in [0.4, 0.5) is 8.78 Å². The molecule has 2 rings (SSSR count). The first-order chi connectivity index (χ1) is 9.20. The zero-order chi connectivity index (χ0) is 15.1. The molecular weight excluding hydrogens is 330 g/mol. The third-order valence-electron chi connectivity index (χ3n) is 2.80. The molecule has 0 atom stereocenters. The van der Waals surface area contributed by atoms with Gasteiger partial charge in [-0.2, -0.15) is 0 Å². The molecule has 0 saturated heterocycles.